The molecule has 2 N–H and O–H groups in total. The highest BCUT2D eigenvalue weighted by Crippen LogP contribution is 2.43. The van der Waals surface area contributed by atoms with E-state index in [2.05, 4.69) is 14.7 Å². The highest BCUT2D eigenvalue weighted by molar-refractivity contribution is 7.90. The lowest BCUT2D eigenvalue weighted by Crippen LogP contribution is -2.53. The molecule has 1 aliphatic rings. The number of hydrogen-bond acceptors (Lipinski definition) is 9. The van der Waals surface area contributed by atoms with Crippen molar-refractivity contribution in [3.05, 3.63) is 115 Å². The zero-order valence-electron chi connectivity index (χ0n) is 33.6. The van der Waals surface area contributed by atoms with Crippen LogP contribution in [0.15, 0.2) is 70.8 Å². The van der Waals surface area contributed by atoms with Crippen LogP contribution in [-0.2, 0) is 24.3 Å². The van der Waals surface area contributed by atoms with E-state index in [-0.39, 0.29) is 62.9 Å². The average Bonchev–Trinajstić information content (AvgIpc) is 3.16. The van der Waals surface area contributed by atoms with Gasteiger partial charge in [-0.3, -0.25) is 19.2 Å². The van der Waals surface area contributed by atoms with E-state index in [9.17, 15) is 41.1 Å². The van der Waals surface area contributed by atoms with Crippen LogP contribution in [-0.4, -0.2) is 67.8 Å². The molecule has 4 aromatic carbocycles. The number of carbonyl (C=O) groups is 1. The zero-order chi connectivity index (χ0) is 44.9. The van der Waals surface area contributed by atoms with Crippen molar-refractivity contribution in [2.45, 2.75) is 46.3 Å². The van der Waals surface area contributed by atoms with Crippen molar-refractivity contribution in [3.63, 3.8) is 0 Å². The Hall–Kier alpha value is -5.89. The van der Waals surface area contributed by atoms with Gasteiger partial charge in [0.1, 0.15) is 27.7 Å². The maximum atomic E-state index is 14.6. The number of aryl methyl sites for hydroxylation is 4. The first-order chi connectivity index (χ1) is 28.5. The Morgan fingerprint density at radius 1 is 0.820 bits per heavy atom. The van der Waals surface area contributed by atoms with Gasteiger partial charge < -0.3 is 23.7 Å². The van der Waals surface area contributed by atoms with Gasteiger partial charge in [0.05, 0.1) is 45.8 Å². The molecule has 3 heterocycles. The standard InChI is InChI=1S/C21H21ClFN3O4.C19H17ClF2N4O4S/c1-11-15(9-7-13-16(11)19(27)25(5)10-24-13)30-18-12(23)6-8-14(17(18)22)26(20(28)29)21(2,3)4;1-10-15(6-5-13-16(10)19(27)25(2)9-23-13)30-18-12(22)3-4-14(17(18)20)24-31(28,29)26-7-11(21)8-26/h6-10H,1-5H3,(H,28,29);3-6,9,11,24H,7-8H2,1-2H3. The summed E-state index contributed by atoms with van der Waals surface area (Å²) < 4.78 is 83.9. The minimum Gasteiger partial charge on any atom is -0.465 e. The van der Waals surface area contributed by atoms with Gasteiger partial charge in [0, 0.05) is 43.9 Å². The number of alkyl halides is 1. The highest BCUT2D eigenvalue weighted by atomic mass is 35.5. The Bertz CT molecular complexity index is 2980. The Kier molecular flexibility index (Phi) is 12.4. The molecule has 7 rings (SSSR count). The third-order valence-corrected chi connectivity index (χ3v) is 11.8. The number of rotatable bonds is 8. The summed E-state index contributed by atoms with van der Waals surface area (Å²) in [5.41, 5.74) is 0.363. The Labute approximate surface area is 356 Å². The molecule has 1 amide bonds. The molecule has 1 saturated heterocycles. The van der Waals surface area contributed by atoms with Crippen LogP contribution in [0.5, 0.6) is 23.0 Å². The summed E-state index contributed by atoms with van der Waals surface area (Å²) in [6.07, 6.45) is 0.341. The number of nitrogens with zero attached hydrogens (tertiary/aromatic N) is 6. The van der Waals surface area contributed by atoms with Crippen LogP contribution in [0, 0.1) is 25.5 Å². The average molecular weight is 905 g/mol. The van der Waals surface area contributed by atoms with Gasteiger partial charge in [0.2, 0.25) is 0 Å². The number of hydrogen-bond donors (Lipinski definition) is 2. The number of halogens is 5. The summed E-state index contributed by atoms with van der Waals surface area (Å²) in [6, 6.07) is 10.7. The van der Waals surface area contributed by atoms with Crippen LogP contribution >= 0.6 is 23.2 Å². The molecule has 1 fully saturated rings. The van der Waals surface area contributed by atoms with E-state index in [0.717, 1.165) is 27.4 Å². The molecule has 6 aromatic rings. The van der Waals surface area contributed by atoms with Crippen LogP contribution in [0.2, 0.25) is 10.0 Å². The van der Waals surface area contributed by atoms with Crippen molar-refractivity contribution in [2.75, 3.05) is 22.7 Å². The number of ether oxygens (including phenoxy) is 2. The third-order valence-electron chi connectivity index (χ3n) is 9.58. The minimum atomic E-state index is -4.05. The minimum absolute atomic E-state index is 0.0871. The third kappa shape index (κ3) is 8.81. The molecule has 1 aliphatic heterocycles. The molecule has 0 spiro atoms. The van der Waals surface area contributed by atoms with Crippen molar-refractivity contribution in [2.24, 2.45) is 14.1 Å². The van der Waals surface area contributed by atoms with Crippen molar-refractivity contribution in [3.8, 4) is 23.0 Å². The molecule has 2 aromatic heterocycles. The maximum absolute atomic E-state index is 14.6. The van der Waals surface area contributed by atoms with Gasteiger partial charge in [0.15, 0.2) is 23.1 Å². The van der Waals surface area contributed by atoms with Crippen LogP contribution in [0.3, 0.4) is 0 Å². The lowest BCUT2D eigenvalue weighted by molar-refractivity contribution is 0.142. The highest BCUT2D eigenvalue weighted by Gasteiger charge is 2.36. The first kappa shape index (κ1) is 44.7. The fourth-order valence-electron chi connectivity index (χ4n) is 6.34. The Morgan fingerprint density at radius 2 is 1.28 bits per heavy atom. The number of aromatic nitrogens is 4. The van der Waals surface area contributed by atoms with Gasteiger partial charge in [-0.1, -0.05) is 23.2 Å². The predicted octanol–water partition coefficient (Wildman–Crippen LogP) is 8.25. The van der Waals surface area contributed by atoms with E-state index >= 15 is 0 Å². The molecule has 0 bridgehead atoms. The predicted molar refractivity (Wildman–Crippen MR) is 226 cm³/mol. The summed E-state index contributed by atoms with van der Waals surface area (Å²) >= 11 is 12.6. The second kappa shape index (κ2) is 16.9. The summed E-state index contributed by atoms with van der Waals surface area (Å²) in [4.78, 5) is 46.2. The van der Waals surface area contributed by atoms with Crippen molar-refractivity contribution in [1.29, 1.82) is 0 Å². The molecule has 322 valence electrons. The number of amides is 1. The largest absolute Gasteiger partial charge is 0.465 e. The fourth-order valence-corrected chi connectivity index (χ4v) is 8.21. The molecule has 0 unspecified atom stereocenters. The maximum Gasteiger partial charge on any atom is 0.412 e. The van der Waals surface area contributed by atoms with Crippen molar-refractivity contribution >= 4 is 72.7 Å². The van der Waals surface area contributed by atoms with Crippen LogP contribution in [0.25, 0.3) is 21.8 Å². The Morgan fingerprint density at radius 3 is 1.72 bits per heavy atom. The zero-order valence-corrected chi connectivity index (χ0v) is 35.9. The van der Waals surface area contributed by atoms with Crippen LogP contribution in [0.1, 0.15) is 31.9 Å². The summed E-state index contributed by atoms with van der Waals surface area (Å²) in [7, 11) is -0.922. The lowest BCUT2D eigenvalue weighted by atomic mass is 10.1. The topological polar surface area (TPSA) is 178 Å². The first-order valence-corrected chi connectivity index (χ1v) is 20.4. The van der Waals surface area contributed by atoms with Crippen molar-refractivity contribution in [1.82, 2.24) is 23.4 Å². The van der Waals surface area contributed by atoms with E-state index in [4.69, 9.17) is 32.7 Å². The van der Waals surface area contributed by atoms with E-state index in [1.165, 1.54) is 33.9 Å². The number of carboxylic acid groups (broad SMARTS) is 1. The molecule has 0 aliphatic carbocycles. The van der Waals surface area contributed by atoms with E-state index < -0.39 is 45.4 Å². The normalized spacial score (nSPS) is 13.4. The quantitative estimate of drug-likeness (QED) is 0.151. The molecule has 15 nitrogen and oxygen atoms in total. The smallest absolute Gasteiger partial charge is 0.412 e. The van der Waals surface area contributed by atoms with Crippen molar-refractivity contribution < 1.29 is 41.0 Å². The Balaban J connectivity index is 0.000000204. The van der Waals surface area contributed by atoms with Crippen LogP contribution < -0.4 is 30.2 Å². The van der Waals surface area contributed by atoms with E-state index in [1.807, 2.05) is 0 Å². The molecule has 21 heteroatoms. The molecular weight excluding hydrogens is 866 g/mol. The SMILES string of the molecule is Cc1c(Oc2c(F)ccc(N(C(=O)O)C(C)(C)C)c2Cl)ccc2ncn(C)c(=O)c12.Cc1c(Oc2c(F)ccc(NS(=O)(=O)N3CC(F)C3)c2Cl)ccc2ncn(C)c(=O)c12. The summed E-state index contributed by atoms with van der Waals surface area (Å²) in [5.74, 6) is -1.98. The number of fused-ring (bicyclic) bond motifs is 2. The monoisotopic (exact) mass is 903 g/mol. The van der Waals surface area contributed by atoms with E-state index in [0.29, 0.717) is 32.9 Å². The van der Waals surface area contributed by atoms with Gasteiger partial charge in [-0.15, -0.1) is 0 Å². The summed E-state index contributed by atoms with van der Waals surface area (Å²) in [5, 5.41) is 9.78. The number of benzene rings is 4. The fraction of sp³-hybridized carbons (Fsp3) is 0.275. The molecular formula is C40H38Cl2F3N7O8S. The second-order valence-electron chi connectivity index (χ2n) is 14.9. The van der Waals surface area contributed by atoms with Gasteiger partial charge in [-0.25, -0.2) is 27.9 Å². The van der Waals surface area contributed by atoms with Gasteiger partial charge in [-0.05, 0) is 83.1 Å². The number of nitrogens with one attached hydrogen (secondary N) is 1. The molecule has 61 heavy (non-hydrogen) atoms. The van der Waals surface area contributed by atoms with Gasteiger partial charge in [-0.2, -0.15) is 12.7 Å². The van der Waals surface area contributed by atoms with Gasteiger partial charge in [0.25, 0.3) is 11.1 Å². The van der Waals surface area contributed by atoms with E-state index in [1.54, 1.807) is 66.9 Å². The summed E-state index contributed by atoms with van der Waals surface area (Å²) in [6.45, 7) is 7.83. The van der Waals surface area contributed by atoms with Gasteiger partial charge >= 0.3 is 16.3 Å². The lowest BCUT2D eigenvalue weighted by Gasteiger charge is -2.34. The second-order valence-corrected chi connectivity index (χ2v) is 17.4. The first-order valence-electron chi connectivity index (χ1n) is 18.2. The van der Waals surface area contributed by atoms with Crippen LogP contribution in [0.4, 0.5) is 29.3 Å². The molecule has 0 radical (unpaired) electrons. The number of anilines is 2. The molecule has 0 atom stereocenters. The molecule has 0 saturated carbocycles.